The lowest BCUT2D eigenvalue weighted by Crippen LogP contribution is -2.22. The highest BCUT2D eigenvalue weighted by Gasteiger charge is 2.16. The van der Waals surface area contributed by atoms with E-state index in [1.807, 2.05) is 18.2 Å². The molecule has 2 aromatic rings. The fraction of sp³-hybridized carbons (Fsp3) is 0.467. The van der Waals surface area contributed by atoms with Crippen LogP contribution in [0.5, 0.6) is 0 Å². The fourth-order valence-corrected chi connectivity index (χ4v) is 2.98. The third-order valence-corrected chi connectivity index (χ3v) is 4.22. The number of rotatable bonds is 4. The van der Waals surface area contributed by atoms with E-state index in [4.69, 9.17) is 11.6 Å². The molecule has 1 N–H and O–H groups in total. The van der Waals surface area contributed by atoms with Gasteiger partial charge >= 0.3 is 0 Å². The Hall–Kier alpha value is -1.39. The number of nitrogens with zero attached hydrogens (tertiary/aromatic N) is 3. The van der Waals surface area contributed by atoms with Crippen molar-refractivity contribution in [3.8, 4) is 0 Å². The Morgan fingerprint density at radius 3 is 3.00 bits per heavy atom. The monoisotopic (exact) mass is 290 g/mol. The SMILES string of the molecule is C[C@@H](NCc1nnc2n1CCCC2)c1ccccc1Cl. The third kappa shape index (κ3) is 2.72. The summed E-state index contributed by atoms with van der Waals surface area (Å²) in [7, 11) is 0. The second kappa shape index (κ2) is 5.94. The minimum Gasteiger partial charge on any atom is -0.314 e. The lowest BCUT2D eigenvalue weighted by Gasteiger charge is -2.18. The molecule has 0 bridgehead atoms. The van der Waals surface area contributed by atoms with Gasteiger partial charge in [0.15, 0.2) is 0 Å². The van der Waals surface area contributed by atoms with Crippen molar-refractivity contribution >= 4 is 11.6 Å². The molecule has 2 heterocycles. The molecule has 1 aliphatic rings. The normalized spacial score (nSPS) is 15.9. The lowest BCUT2D eigenvalue weighted by molar-refractivity contribution is 0.484. The van der Waals surface area contributed by atoms with Crippen molar-refractivity contribution in [1.82, 2.24) is 20.1 Å². The van der Waals surface area contributed by atoms with Crippen LogP contribution in [0.25, 0.3) is 0 Å². The van der Waals surface area contributed by atoms with E-state index >= 15 is 0 Å². The summed E-state index contributed by atoms with van der Waals surface area (Å²) in [5, 5.41) is 12.9. The zero-order chi connectivity index (χ0) is 13.9. The van der Waals surface area contributed by atoms with Gasteiger partial charge < -0.3 is 9.88 Å². The summed E-state index contributed by atoms with van der Waals surface area (Å²) in [6.45, 7) is 3.88. The maximum absolute atomic E-state index is 6.22. The summed E-state index contributed by atoms with van der Waals surface area (Å²) in [4.78, 5) is 0. The first kappa shape index (κ1) is 13.6. The summed E-state index contributed by atoms with van der Waals surface area (Å²) in [6, 6.07) is 8.14. The number of hydrogen-bond donors (Lipinski definition) is 1. The average Bonchev–Trinajstić information content (AvgIpc) is 2.88. The quantitative estimate of drug-likeness (QED) is 0.941. The Kier molecular flexibility index (Phi) is 4.03. The highest BCUT2D eigenvalue weighted by molar-refractivity contribution is 6.31. The average molecular weight is 291 g/mol. The smallest absolute Gasteiger partial charge is 0.147 e. The second-order valence-corrected chi connectivity index (χ2v) is 5.67. The van der Waals surface area contributed by atoms with Gasteiger partial charge in [-0.1, -0.05) is 29.8 Å². The molecule has 0 aliphatic carbocycles. The minimum atomic E-state index is 0.195. The van der Waals surface area contributed by atoms with Crippen molar-refractivity contribution < 1.29 is 0 Å². The Balaban J connectivity index is 1.68. The van der Waals surface area contributed by atoms with Gasteiger partial charge in [0.25, 0.3) is 0 Å². The van der Waals surface area contributed by atoms with E-state index in [0.29, 0.717) is 0 Å². The zero-order valence-electron chi connectivity index (χ0n) is 11.6. The van der Waals surface area contributed by atoms with Gasteiger partial charge in [-0.2, -0.15) is 0 Å². The number of fused-ring (bicyclic) bond motifs is 1. The predicted octanol–water partition coefficient (Wildman–Crippen LogP) is 3.12. The summed E-state index contributed by atoms with van der Waals surface area (Å²) < 4.78 is 2.25. The molecule has 1 aliphatic heterocycles. The molecule has 5 heteroatoms. The van der Waals surface area contributed by atoms with Crippen LogP contribution >= 0.6 is 11.6 Å². The van der Waals surface area contributed by atoms with Gasteiger partial charge in [-0.25, -0.2) is 0 Å². The second-order valence-electron chi connectivity index (χ2n) is 5.27. The van der Waals surface area contributed by atoms with E-state index in [9.17, 15) is 0 Å². The number of halogens is 1. The van der Waals surface area contributed by atoms with Crippen LogP contribution in [0.2, 0.25) is 5.02 Å². The number of benzene rings is 1. The summed E-state index contributed by atoms with van der Waals surface area (Å²) in [6.07, 6.45) is 3.49. The first-order valence-electron chi connectivity index (χ1n) is 7.14. The van der Waals surface area contributed by atoms with Gasteiger partial charge in [-0.05, 0) is 31.4 Å². The minimum absolute atomic E-state index is 0.195. The van der Waals surface area contributed by atoms with Gasteiger partial charge in [0.05, 0.1) is 6.54 Å². The summed E-state index contributed by atoms with van der Waals surface area (Å²) >= 11 is 6.22. The van der Waals surface area contributed by atoms with Crippen molar-refractivity contribution in [1.29, 1.82) is 0 Å². The molecular weight excluding hydrogens is 272 g/mol. The van der Waals surface area contributed by atoms with Crippen molar-refractivity contribution in [2.24, 2.45) is 0 Å². The van der Waals surface area contributed by atoms with E-state index in [0.717, 1.165) is 41.7 Å². The molecule has 0 saturated carbocycles. The highest BCUT2D eigenvalue weighted by atomic mass is 35.5. The van der Waals surface area contributed by atoms with E-state index in [1.54, 1.807) is 0 Å². The maximum atomic E-state index is 6.22. The fourth-order valence-electron chi connectivity index (χ4n) is 2.68. The molecular formula is C15H19ClN4. The molecule has 1 atom stereocenters. The number of hydrogen-bond acceptors (Lipinski definition) is 3. The van der Waals surface area contributed by atoms with Gasteiger partial charge in [0.2, 0.25) is 0 Å². The Morgan fingerprint density at radius 1 is 1.30 bits per heavy atom. The maximum Gasteiger partial charge on any atom is 0.147 e. The van der Waals surface area contributed by atoms with Crippen LogP contribution in [0, 0.1) is 0 Å². The van der Waals surface area contributed by atoms with Crippen LogP contribution in [0.3, 0.4) is 0 Å². The molecule has 0 fully saturated rings. The Labute approximate surface area is 124 Å². The first-order chi connectivity index (χ1) is 9.75. The van der Waals surface area contributed by atoms with Crippen molar-refractivity contribution in [3.05, 3.63) is 46.5 Å². The molecule has 1 aromatic carbocycles. The number of nitrogens with one attached hydrogen (secondary N) is 1. The van der Waals surface area contributed by atoms with Gasteiger partial charge in [0, 0.05) is 24.0 Å². The lowest BCUT2D eigenvalue weighted by atomic mass is 10.1. The Bertz CT molecular complexity index is 593. The topological polar surface area (TPSA) is 42.7 Å². The first-order valence-corrected chi connectivity index (χ1v) is 7.52. The molecule has 3 rings (SSSR count). The van der Waals surface area contributed by atoms with Crippen LogP contribution in [0.4, 0.5) is 0 Å². The molecule has 0 amide bonds. The third-order valence-electron chi connectivity index (χ3n) is 3.87. The van der Waals surface area contributed by atoms with E-state index < -0.39 is 0 Å². The van der Waals surface area contributed by atoms with Gasteiger partial charge in [-0.15, -0.1) is 10.2 Å². The van der Waals surface area contributed by atoms with Gasteiger partial charge in [0.1, 0.15) is 11.6 Å². The molecule has 0 saturated heterocycles. The van der Waals surface area contributed by atoms with Crippen molar-refractivity contribution in [2.45, 2.75) is 45.3 Å². The van der Waals surface area contributed by atoms with Crippen LogP contribution < -0.4 is 5.32 Å². The molecule has 1 aromatic heterocycles. The van der Waals surface area contributed by atoms with E-state index in [2.05, 4.69) is 33.1 Å². The number of aryl methyl sites for hydroxylation is 1. The summed E-state index contributed by atoms with van der Waals surface area (Å²) in [5.41, 5.74) is 1.12. The molecule has 0 spiro atoms. The van der Waals surface area contributed by atoms with E-state index in [-0.39, 0.29) is 6.04 Å². The van der Waals surface area contributed by atoms with Crippen molar-refractivity contribution in [3.63, 3.8) is 0 Å². The standard InChI is InChI=1S/C15H19ClN4/c1-11(12-6-2-3-7-13(12)16)17-10-15-19-18-14-8-4-5-9-20(14)15/h2-3,6-7,11,17H,4-5,8-10H2,1H3/t11-/m1/s1. The molecule has 106 valence electrons. The molecule has 20 heavy (non-hydrogen) atoms. The highest BCUT2D eigenvalue weighted by Crippen LogP contribution is 2.22. The van der Waals surface area contributed by atoms with Crippen LogP contribution in [-0.2, 0) is 19.5 Å². The Morgan fingerprint density at radius 2 is 2.15 bits per heavy atom. The predicted molar refractivity (Wildman–Crippen MR) is 79.7 cm³/mol. The van der Waals surface area contributed by atoms with Crippen LogP contribution in [0.1, 0.15) is 43.0 Å². The van der Waals surface area contributed by atoms with Crippen LogP contribution in [0.15, 0.2) is 24.3 Å². The number of aromatic nitrogens is 3. The van der Waals surface area contributed by atoms with E-state index in [1.165, 1.54) is 12.8 Å². The van der Waals surface area contributed by atoms with Crippen LogP contribution in [-0.4, -0.2) is 14.8 Å². The zero-order valence-corrected chi connectivity index (χ0v) is 12.4. The van der Waals surface area contributed by atoms with Crippen molar-refractivity contribution in [2.75, 3.05) is 0 Å². The van der Waals surface area contributed by atoms with Gasteiger partial charge in [-0.3, -0.25) is 0 Å². The molecule has 4 nitrogen and oxygen atoms in total. The summed E-state index contributed by atoms with van der Waals surface area (Å²) in [5.74, 6) is 2.15. The largest absolute Gasteiger partial charge is 0.314 e. The molecule has 0 radical (unpaired) electrons. The molecule has 0 unspecified atom stereocenters.